The van der Waals surface area contributed by atoms with Crippen molar-refractivity contribution >= 4 is 0 Å². The van der Waals surface area contributed by atoms with Crippen molar-refractivity contribution in [2.75, 3.05) is 13.2 Å². The summed E-state index contributed by atoms with van der Waals surface area (Å²) in [6, 6.07) is 0. The van der Waals surface area contributed by atoms with Crippen molar-refractivity contribution < 1.29 is 9.84 Å². The van der Waals surface area contributed by atoms with Gasteiger partial charge in [0.15, 0.2) is 5.82 Å². The second-order valence-corrected chi connectivity index (χ2v) is 4.33. The summed E-state index contributed by atoms with van der Waals surface area (Å²) in [7, 11) is 0. The van der Waals surface area contributed by atoms with E-state index in [1.54, 1.807) is 12.4 Å². The Morgan fingerprint density at radius 1 is 1.40 bits per heavy atom. The summed E-state index contributed by atoms with van der Waals surface area (Å²) in [6.07, 6.45) is 4.14. The fourth-order valence-corrected chi connectivity index (χ4v) is 1.61. The number of hydrogen-bond acceptors (Lipinski definition) is 4. The first-order valence-corrected chi connectivity index (χ1v) is 5.24. The molecule has 82 valence electrons. The van der Waals surface area contributed by atoms with Crippen molar-refractivity contribution in [2.24, 2.45) is 0 Å². The number of nitrogens with zero attached hydrogens (tertiary/aromatic N) is 2. The molecule has 1 N–H and O–H groups in total. The summed E-state index contributed by atoms with van der Waals surface area (Å²) in [6.45, 7) is 5.05. The maximum Gasteiger partial charge on any atom is 0.162 e. The molecule has 1 aromatic rings. The van der Waals surface area contributed by atoms with E-state index in [9.17, 15) is 5.11 Å². The van der Waals surface area contributed by atoms with Crippen molar-refractivity contribution in [3.05, 3.63) is 23.8 Å². The van der Waals surface area contributed by atoms with Gasteiger partial charge in [0.25, 0.3) is 0 Å². The van der Waals surface area contributed by atoms with E-state index in [-0.39, 0.29) is 0 Å². The molecule has 0 radical (unpaired) electrons. The van der Waals surface area contributed by atoms with Crippen molar-refractivity contribution in [3.63, 3.8) is 0 Å². The lowest BCUT2D eigenvalue weighted by Crippen LogP contribution is -2.28. The van der Waals surface area contributed by atoms with Crippen molar-refractivity contribution in [1.82, 2.24) is 9.97 Å². The van der Waals surface area contributed by atoms with Crippen LogP contribution in [0.5, 0.6) is 0 Å². The van der Waals surface area contributed by atoms with Crippen LogP contribution in [0.15, 0.2) is 12.4 Å². The molecule has 1 aliphatic heterocycles. The topological polar surface area (TPSA) is 55.2 Å². The molecule has 0 amide bonds. The molecule has 2 rings (SSSR count). The van der Waals surface area contributed by atoms with Gasteiger partial charge in [-0.15, -0.1) is 0 Å². The predicted octanol–water partition coefficient (Wildman–Crippen LogP) is 1.21. The molecule has 1 aromatic heterocycles. The largest absolute Gasteiger partial charge is 0.379 e. The average Bonchev–Trinajstić information content (AvgIpc) is 2.67. The molecule has 0 spiro atoms. The van der Waals surface area contributed by atoms with Gasteiger partial charge < -0.3 is 9.84 Å². The van der Waals surface area contributed by atoms with Crippen LogP contribution >= 0.6 is 0 Å². The van der Waals surface area contributed by atoms with E-state index in [1.165, 1.54) is 0 Å². The Bertz CT molecular complexity index is 329. The summed E-state index contributed by atoms with van der Waals surface area (Å²) < 4.78 is 5.16. The standard InChI is InChI=1S/C11H16N2O2/c1-8(2)9-5-12-10(13-6-9)11(14)3-4-15-7-11/h5-6,8,14H,3-4,7H2,1-2H3. The molecular formula is C11H16N2O2. The van der Waals surface area contributed by atoms with Gasteiger partial charge in [0.05, 0.1) is 13.2 Å². The Balaban J connectivity index is 2.23. The number of hydrogen-bond donors (Lipinski definition) is 1. The third-order valence-electron chi connectivity index (χ3n) is 2.76. The van der Waals surface area contributed by atoms with E-state index >= 15 is 0 Å². The quantitative estimate of drug-likeness (QED) is 0.793. The maximum atomic E-state index is 10.1. The number of aromatic nitrogens is 2. The number of rotatable bonds is 2. The van der Waals surface area contributed by atoms with Gasteiger partial charge in [0, 0.05) is 18.8 Å². The minimum absolute atomic E-state index is 0.300. The van der Waals surface area contributed by atoms with E-state index in [0.29, 0.717) is 31.4 Å². The lowest BCUT2D eigenvalue weighted by Gasteiger charge is -2.18. The van der Waals surface area contributed by atoms with Gasteiger partial charge in [-0.1, -0.05) is 13.8 Å². The van der Waals surface area contributed by atoms with E-state index in [4.69, 9.17) is 4.74 Å². The molecule has 1 fully saturated rings. The first-order chi connectivity index (χ1) is 7.12. The molecule has 4 nitrogen and oxygen atoms in total. The van der Waals surface area contributed by atoms with Crippen LogP contribution < -0.4 is 0 Å². The fourth-order valence-electron chi connectivity index (χ4n) is 1.61. The van der Waals surface area contributed by atoms with Gasteiger partial charge in [-0.3, -0.25) is 0 Å². The molecule has 1 aliphatic rings. The highest BCUT2D eigenvalue weighted by Crippen LogP contribution is 2.27. The molecule has 1 atom stereocenters. The zero-order valence-corrected chi connectivity index (χ0v) is 9.10. The van der Waals surface area contributed by atoms with Crippen molar-refractivity contribution in [1.29, 1.82) is 0 Å². The predicted molar refractivity (Wildman–Crippen MR) is 55.5 cm³/mol. The highest BCUT2D eigenvalue weighted by Gasteiger charge is 2.36. The minimum Gasteiger partial charge on any atom is -0.379 e. The van der Waals surface area contributed by atoms with E-state index in [2.05, 4.69) is 23.8 Å². The summed E-state index contributed by atoms with van der Waals surface area (Å²) in [4.78, 5) is 8.43. The lowest BCUT2D eigenvalue weighted by atomic mass is 10.0. The van der Waals surface area contributed by atoms with Crippen LogP contribution in [0.25, 0.3) is 0 Å². The third kappa shape index (κ3) is 2.01. The Kier molecular flexibility index (Phi) is 2.71. The van der Waals surface area contributed by atoms with Crippen LogP contribution in [-0.4, -0.2) is 28.3 Å². The van der Waals surface area contributed by atoms with Crippen LogP contribution in [0.3, 0.4) is 0 Å². The van der Waals surface area contributed by atoms with Gasteiger partial charge in [-0.05, 0) is 11.5 Å². The highest BCUT2D eigenvalue weighted by molar-refractivity contribution is 5.13. The number of ether oxygens (including phenoxy) is 1. The van der Waals surface area contributed by atoms with E-state index in [0.717, 1.165) is 5.56 Å². The lowest BCUT2D eigenvalue weighted by molar-refractivity contribution is 0.0153. The normalized spacial score (nSPS) is 26.1. The first-order valence-electron chi connectivity index (χ1n) is 5.24. The SMILES string of the molecule is CC(C)c1cnc(C2(O)CCOC2)nc1. The Morgan fingerprint density at radius 2 is 2.07 bits per heavy atom. The summed E-state index contributed by atoms with van der Waals surface area (Å²) in [5, 5.41) is 10.1. The molecule has 2 heterocycles. The smallest absolute Gasteiger partial charge is 0.162 e. The van der Waals surface area contributed by atoms with Crippen molar-refractivity contribution in [3.8, 4) is 0 Å². The Morgan fingerprint density at radius 3 is 2.53 bits per heavy atom. The monoisotopic (exact) mass is 208 g/mol. The third-order valence-corrected chi connectivity index (χ3v) is 2.76. The molecular weight excluding hydrogens is 192 g/mol. The maximum absolute atomic E-state index is 10.1. The zero-order valence-electron chi connectivity index (χ0n) is 9.10. The molecule has 1 unspecified atom stereocenters. The van der Waals surface area contributed by atoms with Crippen LogP contribution in [0.4, 0.5) is 0 Å². The average molecular weight is 208 g/mol. The molecule has 4 heteroatoms. The Labute approximate surface area is 89.3 Å². The van der Waals surface area contributed by atoms with Crippen LogP contribution in [0, 0.1) is 0 Å². The van der Waals surface area contributed by atoms with Gasteiger partial charge in [-0.25, -0.2) is 9.97 Å². The summed E-state index contributed by atoms with van der Waals surface area (Å²) in [5.41, 5.74) is 0.108. The fraction of sp³-hybridized carbons (Fsp3) is 0.636. The summed E-state index contributed by atoms with van der Waals surface area (Å²) in [5.74, 6) is 0.887. The van der Waals surface area contributed by atoms with Gasteiger partial charge in [-0.2, -0.15) is 0 Å². The van der Waals surface area contributed by atoms with Crippen LogP contribution in [0.1, 0.15) is 37.6 Å². The first kappa shape index (κ1) is 10.5. The zero-order chi connectivity index (χ0) is 10.9. The van der Waals surface area contributed by atoms with Gasteiger partial charge in [0.1, 0.15) is 5.60 Å². The van der Waals surface area contributed by atoms with Crippen molar-refractivity contribution in [2.45, 2.75) is 31.8 Å². The summed E-state index contributed by atoms with van der Waals surface area (Å²) >= 11 is 0. The highest BCUT2D eigenvalue weighted by atomic mass is 16.5. The second kappa shape index (κ2) is 3.87. The number of aliphatic hydroxyl groups is 1. The van der Waals surface area contributed by atoms with E-state index < -0.39 is 5.60 Å². The molecule has 0 bridgehead atoms. The molecule has 15 heavy (non-hydrogen) atoms. The molecule has 1 saturated heterocycles. The van der Waals surface area contributed by atoms with E-state index in [1.807, 2.05) is 0 Å². The molecule has 0 saturated carbocycles. The Hall–Kier alpha value is -1.00. The minimum atomic E-state index is -0.977. The van der Waals surface area contributed by atoms with Gasteiger partial charge in [0.2, 0.25) is 0 Å². The van der Waals surface area contributed by atoms with Crippen LogP contribution in [0.2, 0.25) is 0 Å². The van der Waals surface area contributed by atoms with Gasteiger partial charge >= 0.3 is 0 Å². The second-order valence-electron chi connectivity index (χ2n) is 4.33. The molecule has 0 aliphatic carbocycles. The van der Waals surface area contributed by atoms with Crippen LogP contribution in [-0.2, 0) is 10.3 Å². The molecule has 0 aromatic carbocycles.